The van der Waals surface area contributed by atoms with Crippen LogP contribution in [0.4, 0.5) is 4.39 Å². The zero-order chi connectivity index (χ0) is 12.3. The largest absolute Gasteiger partial charge is 0.507 e. The number of thioether (sulfide) groups is 1. The molecule has 2 rings (SSSR count). The molecule has 0 spiro atoms. The first-order chi connectivity index (χ1) is 8.20. The van der Waals surface area contributed by atoms with Gasteiger partial charge in [0.2, 0.25) is 0 Å². The molecule has 90 valence electrons. The molecule has 1 aromatic carbocycles. The number of aromatic nitrogens is 2. The topological polar surface area (TPSA) is 59.2 Å². The Balaban J connectivity index is 2.24. The first kappa shape index (κ1) is 11.9. The average Bonchev–Trinajstić information content (AvgIpc) is 2.75. The highest BCUT2D eigenvalue weighted by atomic mass is 32.2. The molecule has 0 saturated carbocycles. The van der Waals surface area contributed by atoms with Crippen LogP contribution < -0.4 is 0 Å². The van der Waals surface area contributed by atoms with E-state index >= 15 is 0 Å². The summed E-state index contributed by atoms with van der Waals surface area (Å²) >= 11 is 1.67. The quantitative estimate of drug-likeness (QED) is 0.909. The zero-order valence-electron chi connectivity index (χ0n) is 9.18. The molecule has 0 aliphatic heterocycles. The van der Waals surface area contributed by atoms with E-state index in [1.165, 1.54) is 12.1 Å². The second kappa shape index (κ2) is 5.18. The third-order valence-corrected chi connectivity index (χ3v) is 2.96. The first-order valence-corrected chi connectivity index (χ1v) is 6.25. The molecular formula is C11H11FN2O2S. The second-order valence-corrected chi connectivity index (χ2v) is 4.59. The summed E-state index contributed by atoms with van der Waals surface area (Å²) in [6, 6.07) is 3.66. The van der Waals surface area contributed by atoms with Crippen LogP contribution in [0.3, 0.4) is 0 Å². The summed E-state index contributed by atoms with van der Waals surface area (Å²) in [6.45, 7) is 2.04. The lowest BCUT2D eigenvalue weighted by Crippen LogP contribution is -1.85. The number of phenols is 1. The maximum absolute atomic E-state index is 12.8. The van der Waals surface area contributed by atoms with E-state index in [4.69, 9.17) is 4.52 Å². The SMILES string of the molecule is CCSCc1noc(-c2ccc(F)cc2O)n1. The predicted octanol–water partition coefficient (Wildman–Crippen LogP) is 2.83. The van der Waals surface area contributed by atoms with E-state index in [1.807, 2.05) is 6.92 Å². The van der Waals surface area contributed by atoms with Crippen LogP contribution in [0.2, 0.25) is 0 Å². The third-order valence-electron chi connectivity index (χ3n) is 2.09. The Labute approximate surface area is 102 Å². The van der Waals surface area contributed by atoms with Crippen LogP contribution in [0.5, 0.6) is 5.75 Å². The summed E-state index contributed by atoms with van der Waals surface area (Å²) in [5.74, 6) is 1.67. The van der Waals surface area contributed by atoms with E-state index in [0.717, 1.165) is 11.8 Å². The Hall–Kier alpha value is -1.56. The fraction of sp³-hybridized carbons (Fsp3) is 0.273. The van der Waals surface area contributed by atoms with Gasteiger partial charge in [-0.3, -0.25) is 0 Å². The van der Waals surface area contributed by atoms with Crippen molar-refractivity contribution in [3.05, 3.63) is 29.8 Å². The predicted molar refractivity (Wildman–Crippen MR) is 63.2 cm³/mol. The fourth-order valence-electron chi connectivity index (χ4n) is 1.30. The lowest BCUT2D eigenvalue weighted by Gasteiger charge is -1.98. The van der Waals surface area contributed by atoms with Crippen LogP contribution in [0.15, 0.2) is 22.7 Å². The molecule has 0 amide bonds. The van der Waals surface area contributed by atoms with Gasteiger partial charge >= 0.3 is 0 Å². The van der Waals surface area contributed by atoms with Gasteiger partial charge in [0.25, 0.3) is 5.89 Å². The maximum atomic E-state index is 12.8. The van der Waals surface area contributed by atoms with Gasteiger partial charge in [-0.05, 0) is 17.9 Å². The van der Waals surface area contributed by atoms with E-state index in [9.17, 15) is 9.50 Å². The van der Waals surface area contributed by atoms with Gasteiger partial charge in [0.05, 0.1) is 11.3 Å². The van der Waals surface area contributed by atoms with Crippen molar-refractivity contribution in [1.82, 2.24) is 10.1 Å². The molecule has 1 N–H and O–H groups in total. The Kier molecular flexibility index (Phi) is 3.63. The van der Waals surface area contributed by atoms with Gasteiger partial charge in [0.1, 0.15) is 11.6 Å². The van der Waals surface area contributed by atoms with Crippen molar-refractivity contribution in [3.8, 4) is 17.2 Å². The van der Waals surface area contributed by atoms with Crippen LogP contribution in [-0.2, 0) is 5.75 Å². The monoisotopic (exact) mass is 254 g/mol. The normalized spacial score (nSPS) is 10.7. The van der Waals surface area contributed by atoms with Gasteiger partial charge in [-0.25, -0.2) is 4.39 Å². The molecule has 0 unspecified atom stereocenters. The van der Waals surface area contributed by atoms with Crippen molar-refractivity contribution in [2.75, 3.05) is 5.75 Å². The second-order valence-electron chi connectivity index (χ2n) is 3.31. The number of aromatic hydroxyl groups is 1. The highest BCUT2D eigenvalue weighted by molar-refractivity contribution is 7.98. The summed E-state index contributed by atoms with van der Waals surface area (Å²) in [5.41, 5.74) is 0.339. The maximum Gasteiger partial charge on any atom is 0.261 e. The van der Waals surface area contributed by atoms with Gasteiger partial charge in [0.15, 0.2) is 5.82 Å². The van der Waals surface area contributed by atoms with Gasteiger partial charge in [-0.15, -0.1) is 0 Å². The highest BCUT2D eigenvalue weighted by Gasteiger charge is 2.13. The molecule has 1 aromatic heterocycles. The van der Waals surface area contributed by atoms with Crippen molar-refractivity contribution in [3.63, 3.8) is 0 Å². The molecule has 0 aliphatic carbocycles. The average molecular weight is 254 g/mol. The number of phenolic OH excluding ortho intramolecular Hbond substituents is 1. The summed E-state index contributed by atoms with van der Waals surface area (Å²) < 4.78 is 17.8. The molecule has 4 nitrogen and oxygen atoms in total. The van der Waals surface area contributed by atoms with Gasteiger partial charge in [0, 0.05) is 6.07 Å². The molecule has 0 fully saturated rings. The molecule has 2 aromatic rings. The summed E-state index contributed by atoms with van der Waals surface area (Å²) in [7, 11) is 0. The fourth-order valence-corrected chi connectivity index (χ4v) is 1.80. The molecule has 0 atom stereocenters. The van der Waals surface area contributed by atoms with Crippen molar-refractivity contribution in [2.45, 2.75) is 12.7 Å². The van der Waals surface area contributed by atoms with Gasteiger partial charge < -0.3 is 9.63 Å². The minimum Gasteiger partial charge on any atom is -0.507 e. The van der Waals surface area contributed by atoms with E-state index in [1.54, 1.807) is 11.8 Å². The van der Waals surface area contributed by atoms with E-state index < -0.39 is 5.82 Å². The third kappa shape index (κ3) is 2.76. The number of hydrogen-bond acceptors (Lipinski definition) is 5. The summed E-state index contributed by atoms with van der Waals surface area (Å²) in [5, 5.41) is 13.3. The number of hydrogen-bond donors (Lipinski definition) is 1. The van der Waals surface area contributed by atoms with Crippen LogP contribution in [0.1, 0.15) is 12.7 Å². The molecule has 0 saturated heterocycles. The molecule has 0 aliphatic rings. The summed E-state index contributed by atoms with van der Waals surface area (Å²) in [6.07, 6.45) is 0. The number of rotatable bonds is 4. The van der Waals surface area contributed by atoms with Crippen LogP contribution in [0, 0.1) is 5.82 Å². The minimum absolute atomic E-state index is 0.203. The van der Waals surface area contributed by atoms with E-state index in [0.29, 0.717) is 17.1 Å². The van der Waals surface area contributed by atoms with E-state index in [2.05, 4.69) is 10.1 Å². The smallest absolute Gasteiger partial charge is 0.261 e. The number of halogens is 1. The minimum atomic E-state index is -0.507. The summed E-state index contributed by atoms with van der Waals surface area (Å²) in [4.78, 5) is 4.13. The Bertz CT molecular complexity index is 516. The van der Waals surface area contributed by atoms with Gasteiger partial charge in [-0.2, -0.15) is 16.7 Å². The Morgan fingerprint density at radius 1 is 1.47 bits per heavy atom. The van der Waals surface area contributed by atoms with E-state index in [-0.39, 0.29) is 11.6 Å². The molecule has 6 heteroatoms. The lowest BCUT2D eigenvalue weighted by atomic mass is 10.2. The molecular weight excluding hydrogens is 243 g/mol. The van der Waals surface area contributed by atoms with Crippen LogP contribution >= 0.6 is 11.8 Å². The lowest BCUT2D eigenvalue weighted by molar-refractivity contribution is 0.419. The zero-order valence-corrected chi connectivity index (χ0v) is 10.00. The van der Waals surface area contributed by atoms with Crippen molar-refractivity contribution in [2.24, 2.45) is 0 Å². The Morgan fingerprint density at radius 3 is 3.00 bits per heavy atom. The standard InChI is InChI=1S/C11H11FN2O2S/c1-2-17-6-10-13-11(16-14-10)8-4-3-7(12)5-9(8)15/h3-5,15H,2,6H2,1H3. The molecule has 0 radical (unpaired) electrons. The van der Waals surface area contributed by atoms with Crippen LogP contribution in [-0.4, -0.2) is 21.0 Å². The number of benzene rings is 1. The van der Waals surface area contributed by atoms with Crippen molar-refractivity contribution in [1.29, 1.82) is 0 Å². The molecule has 0 bridgehead atoms. The van der Waals surface area contributed by atoms with Crippen molar-refractivity contribution < 1.29 is 14.0 Å². The van der Waals surface area contributed by atoms with Gasteiger partial charge in [-0.1, -0.05) is 12.1 Å². The first-order valence-electron chi connectivity index (χ1n) is 5.10. The number of nitrogens with zero attached hydrogens (tertiary/aromatic N) is 2. The Morgan fingerprint density at radius 2 is 2.29 bits per heavy atom. The highest BCUT2D eigenvalue weighted by Crippen LogP contribution is 2.28. The van der Waals surface area contributed by atoms with Crippen LogP contribution in [0.25, 0.3) is 11.5 Å². The molecule has 1 heterocycles. The van der Waals surface area contributed by atoms with Crippen molar-refractivity contribution >= 4 is 11.8 Å². The molecule has 17 heavy (non-hydrogen) atoms.